The Hall–Kier alpha value is -1.99. The second-order valence-corrected chi connectivity index (χ2v) is 5.78. The zero-order chi connectivity index (χ0) is 16.1. The van der Waals surface area contributed by atoms with Gasteiger partial charge in [0.1, 0.15) is 11.7 Å². The Morgan fingerprint density at radius 3 is 2.86 bits per heavy atom. The van der Waals surface area contributed by atoms with E-state index in [4.69, 9.17) is 0 Å². The average Bonchev–Trinajstić information content (AvgIpc) is 2.89. The molecule has 120 valence electrons. The molecule has 1 fully saturated rings. The van der Waals surface area contributed by atoms with Crippen LogP contribution in [0.3, 0.4) is 0 Å². The highest BCUT2D eigenvalue weighted by molar-refractivity contribution is 5.94. The number of hydrogen-bond donors (Lipinski definition) is 1. The van der Waals surface area contributed by atoms with Crippen molar-refractivity contribution in [1.29, 1.82) is 0 Å². The first kappa shape index (κ1) is 14.9. The number of carbonyl (C=O) groups is 1. The molecule has 22 heavy (non-hydrogen) atoms. The van der Waals surface area contributed by atoms with Gasteiger partial charge in [0.05, 0.1) is 5.69 Å². The van der Waals surface area contributed by atoms with Crippen molar-refractivity contribution in [2.75, 3.05) is 29.9 Å². The smallest absolute Gasteiger partial charge is 0.366 e. The fraction of sp³-hybridized carbons (Fsp3) is 0.571. The summed E-state index contributed by atoms with van der Waals surface area (Å²) in [6.07, 6.45) is -3.45. The van der Waals surface area contributed by atoms with Crippen molar-refractivity contribution < 1.29 is 18.0 Å². The first-order valence-corrected chi connectivity index (χ1v) is 7.14. The minimum absolute atomic E-state index is 0.00389. The lowest BCUT2D eigenvalue weighted by Crippen LogP contribution is -2.44. The third-order valence-corrected chi connectivity index (χ3v) is 4.31. The van der Waals surface area contributed by atoms with E-state index < -0.39 is 18.1 Å². The summed E-state index contributed by atoms with van der Waals surface area (Å²) in [6, 6.07) is 1.67. The molecule has 1 aromatic heterocycles. The Bertz CT molecular complexity index is 604. The van der Waals surface area contributed by atoms with Gasteiger partial charge in [-0.2, -0.15) is 13.2 Å². The summed E-state index contributed by atoms with van der Waals surface area (Å²) < 4.78 is 37.6. The van der Waals surface area contributed by atoms with Crippen molar-refractivity contribution in [1.82, 2.24) is 10.3 Å². The summed E-state index contributed by atoms with van der Waals surface area (Å²) in [7, 11) is 1.90. The quantitative estimate of drug-likeness (QED) is 0.904. The van der Waals surface area contributed by atoms with E-state index in [1.54, 1.807) is 6.07 Å². The highest BCUT2D eigenvalue weighted by Crippen LogP contribution is 2.37. The molecular weight excluding hydrogens is 297 g/mol. The molecule has 0 aromatic carbocycles. The fourth-order valence-electron chi connectivity index (χ4n) is 2.88. The minimum atomic E-state index is -4.47. The number of likely N-dealkylation sites (N-methyl/N-ethyl adjacent to an activating group) is 1. The third kappa shape index (κ3) is 2.46. The van der Waals surface area contributed by atoms with Crippen molar-refractivity contribution in [3.05, 3.63) is 17.8 Å². The van der Waals surface area contributed by atoms with Crippen LogP contribution < -0.4 is 15.1 Å². The highest BCUT2D eigenvalue weighted by atomic mass is 19.4. The molecule has 0 radical (unpaired) electrons. The number of aromatic nitrogens is 1. The maximum Gasteiger partial charge on any atom is 0.408 e. The van der Waals surface area contributed by atoms with E-state index in [0.29, 0.717) is 11.9 Å². The number of fused-ring (bicyclic) bond motifs is 4. The lowest BCUT2D eigenvalue weighted by molar-refractivity contribution is -0.149. The number of carbonyl (C=O) groups excluding carboxylic acids is 1. The summed E-state index contributed by atoms with van der Waals surface area (Å²) in [5.74, 6) is -0.157. The molecule has 1 N–H and O–H groups in total. The van der Waals surface area contributed by atoms with E-state index in [2.05, 4.69) is 9.88 Å². The van der Waals surface area contributed by atoms with E-state index >= 15 is 0 Å². The molecule has 0 saturated carbocycles. The average molecular weight is 314 g/mol. The number of halogens is 3. The van der Waals surface area contributed by atoms with E-state index in [1.165, 1.54) is 6.07 Å². The number of amides is 1. The van der Waals surface area contributed by atoms with Gasteiger partial charge in [0.15, 0.2) is 5.82 Å². The Balaban J connectivity index is 1.84. The first-order valence-electron chi connectivity index (χ1n) is 7.14. The van der Waals surface area contributed by atoms with Gasteiger partial charge in [0, 0.05) is 26.2 Å². The lowest BCUT2D eigenvalue weighted by Gasteiger charge is -2.34. The molecule has 3 heterocycles. The topological polar surface area (TPSA) is 48.5 Å². The van der Waals surface area contributed by atoms with Crippen LogP contribution >= 0.6 is 0 Å². The number of nitrogens with zero attached hydrogens (tertiary/aromatic N) is 3. The van der Waals surface area contributed by atoms with E-state index in [-0.39, 0.29) is 5.69 Å². The SMILES string of the molecule is C[C@@H](NC(=O)c1ccc2c(n1)N(C)[C@H]1CCN2C1)C(F)(F)F. The molecule has 3 rings (SSSR count). The van der Waals surface area contributed by atoms with E-state index in [1.807, 2.05) is 17.3 Å². The van der Waals surface area contributed by atoms with Gasteiger partial charge in [-0.3, -0.25) is 4.79 Å². The summed E-state index contributed by atoms with van der Waals surface area (Å²) in [5, 5.41) is 1.94. The van der Waals surface area contributed by atoms with Gasteiger partial charge in [0.25, 0.3) is 5.91 Å². The van der Waals surface area contributed by atoms with Crippen LogP contribution in [0.15, 0.2) is 12.1 Å². The monoisotopic (exact) mass is 314 g/mol. The molecule has 8 heteroatoms. The second kappa shape index (κ2) is 5.03. The Morgan fingerprint density at radius 1 is 1.45 bits per heavy atom. The summed E-state index contributed by atoms with van der Waals surface area (Å²) >= 11 is 0. The number of alkyl halides is 3. The van der Waals surface area contributed by atoms with Gasteiger partial charge in [-0.15, -0.1) is 0 Å². The zero-order valence-corrected chi connectivity index (χ0v) is 12.3. The van der Waals surface area contributed by atoms with Crippen LogP contribution in [0.5, 0.6) is 0 Å². The van der Waals surface area contributed by atoms with Crippen molar-refractivity contribution in [3.63, 3.8) is 0 Å². The van der Waals surface area contributed by atoms with Crippen LogP contribution in [-0.4, -0.2) is 49.3 Å². The van der Waals surface area contributed by atoms with Gasteiger partial charge in [0.2, 0.25) is 0 Å². The lowest BCUT2D eigenvalue weighted by atomic mass is 10.2. The molecule has 1 amide bonds. The van der Waals surface area contributed by atoms with Crippen molar-refractivity contribution in [2.24, 2.45) is 0 Å². The predicted octanol–water partition coefficient (Wildman–Crippen LogP) is 1.79. The Labute approximate surface area is 126 Å². The zero-order valence-electron chi connectivity index (χ0n) is 12.3. The fourth-order valence-corrected chi connectivity index (χ4v) is 2.88. The van der Waals surface area contributed by atoms with Gasteiger partial charge >= 0.3 is 6.18 Å². The molecule has 2 atom stereocenters. The number of anilines is 2. The standard InChI is InChI=1S/C14H17F3N4O/c1-8(14(15,16)17)18-13(22)10-3-4-11-12(19-10)20(2)9-5-6-21(11)7-9/h3-4,8-9H,5-7H2,1-2H3,(H,18,22)/t8-,9+/m1/s1. The third-order valence-electron chi connectivity index (χ3n) is 4.31. The highest BCUT2D eigenvalue weighted by Gasteiger charge is 2.38. The molecule has 1 saturated heterocycles. The number of hydrogen-bond acceptors (Lipinski definition) is 4. The molecule has 0 aliphatic carbocycles. The van der Waals surface area contributed by atoms with Crippen molar-refractivity contribution >= 4 is 17.4 Å². The molecular formula is C14H17F3N4O. The normalized spacial score (nSPS) is 21.6. The molecule has 5 nitrogen and oxygen atoms in total. The molecule has 0 spiro atoms. The van der Waals surface area contributed by atoms with E-state index in [0.717, 1.165) is 32.1 Å². The summed E-state index contributed by atoms with van der Waals surface area (Å²) in [6.45, 7) is 2.76. The molecule has 2 bridgehead atoms. The molecule has 2 aliphatic rings. The van der Waals surface area contributed by atoms with Crippen LogP contribution in [0.2, 0.25) is 0 Å². The van der Waals surface area contributed by atoms with Crippen molar-refractivity contribution in [3.8, 4) is 0 Å². The maximum atomic E-state index is 12.5. The summed E-state index contributed by atoms with van der Waals surface area (Å²) in [5.41, 5.74) is 0.931. The van der Waals surface area contributed by atoms with Crippen molar-refractivity contribution in [2.45, 2.75) is 31.6 Å². The van der Waals surface area contributed by atoms with Gasteiger partial charge in [-0.05, 0) is 25.5 Å². The number of rotatable bonds is 2. The second-order valence-electron chi connectivity index (χ2n) is 5.78. The van der Waals surface area contributed by atoms with Gasteiger partial charge < -0.3 is 15.1 Å². The van der Waals surface area contributed by atoms with Crippen LogP contribution in [0.25, 0.3) is 0 Å². The van der Waals surface area contributed by atoms with Crippen LogP contribution in [-0.2, 0) is 0 Å². The van der Waals surface area contributed by atoms with Gasteiger partial charge in [-0.1, -0.05) is 0 Å². The predicted molar refractivity (Wildman–Crippen MR) is 76.2 cm³/mol. The van der Waals surface area contributed by atoms with Crippen LogP contribution in [0, 0.1) is 0 Å². The molecule has 2 aliphatic heterocycles. The maximum absolute atomic E-state index is 12.5. The Kier molecular flexibility index (Phi) is 3.41. The number of nitrogens with one attached hydrogen (secondary N) is 1. The largest absolute Gasteiger partial charge is 0.408 e. The van der Waals surface area contributed by atoms with E-state index in [9.17, 15) is 18.0 Å². The van der Waals surface area contributed by atoms with Gasteiger partial charge in [-0.25, -0.2) is 4.98 Å². The molecule has 1 aromatic rings. The van der Waals surface area contributed by atoms with Crippen LogP contribution in [0.4, 0.5) is 24.7 Å². The summed E-state index contributed by atoms with van der Waals surface area (Å²) in [4.78, 5) is 20.4. The Morgan fingerprint density at radius 2 is 2.18 bits per heavy atom. The van der Waals surface area contributed by atoms with Crippen LogP contribution in [0.1, 0.15) is 23.8 Å². The molecule has 0 unspecified atom stereocenters. The minimum Gasteiger partial charge on any atom is -0.366 e. The number of pyridine rings is 1. The first-order chi connectivity index (χ1) is 10.3.